The van der Waals surface area contributed by atoms with Gasteiger partial charge in [0.15, 0.2) is 0 Å². The first-order valence-corrected chi connectivity index (χ1v) is 5.98. The molecule has 0 amide bonds. The smallest absolute Gasteiger partial charge is 0.320 e. The Kier molecular flexibility index (Phi) is 8.18. The second-order valence-electron chi connectivity index (χ2n) is 3.44. The first-order chi connectivity index (χ1) is 6.61. The first kappa shape index (κ1) is 13.9. The van der Waals surface area contributed by atoms with E-state index >= 15 is 0 Å². The lowest BCUT2D eigenvalue weighted by atomic mass is 10.1. The average Bonchev–Trinajstić information content (AvgIpc) is 2.21. The molecule has 0 saturated heterocycles. The third kappa shape index (κ3) is 6.38. The highest BCUT2D eigenvalue weighted by Gasteiger charge is 2.15. The van der Waals surface area contributed by atoms with Crippen LogP contribution >= 0.6 is 15.9 Å². The van der Waals surface area contributed by atoms with E-state index in [0.717, 1.165) is 6.42 Å². The fourth-order valence-electron chi connectivity index (χ4n) is 1.13. The van der Waals surface area contributed by atoms with Gasteiger partial charge in [0.05, 0.1) is 7.11 Å². The first-order valence-electron chi connectivity index (χ1n) is 5.07. The summed E-state index contributed by atoms with van der Waals surface area (Å²) in [6, 6.07) is 0.458. The van der Waals surface area contributed by atoms with Crippen molar-refractivity contribution in [2.45, 2.75) is 44.0 Å². The zero-order valence-corrected chi connectivity index (χ0v) is 10.8. The minimum atomic E-state index is -0.239. The Bertz CT molecular complexity index is 164. The summed E-state index contributed by atoms with van der Waals surface area (Å²) in [7, 11) is 1.40. The summed E-state index contributed by atoms with van der Waals surface area (Å²) in [5.41, 5.74) is 0. The van der Waals surface area contributed by atoms with Gasteiger partial charge in [0.25, 0.3) is 0 Å². The monoisotopic (exact) mass is 265 g/mol. The molecule has 2 atom stereocenters. The van der Waals surface area contributed by atoms with Gasteiger partial charge in [-0.25, -0.2) is 0 Å². The van der Waals surface area contributed by atoms with Crippen LogP contribution in [0.5, 0.6) is 0 Å². The molecule has 0 spiro atoms. The van der Waals surface area contributed by atoms with Crippen LogP contribution < -0.4 is 5.32 Å². The van der Waals surface area contributed by atoms with Crippen LogP contribution in [-0.4, -0.2) is 30.5 Å². The van der Waals surface area contributed by atoms with E-state index in [9.17, 15) is 4.79 Å². The highest BCUT2D eigenvalue weighted by atomic mass is 79.9. The standard InChI is InChI=1S/C10H20BrNO2/c1-4-5-6-8(2)12-7-9(11)10(13)14-3/h8-9,12H,4-7H2,1-3H3. The van der Waals surface area contributed by atoms with E-state index in [1.54, 1.807) is 0 Å². The molecule has 0 fully saturated rings. The third-order valence-corrected chi connectivity index (χ3v) is 2.79. The van der Waals surface area contributed by atoms with Gasteiger partial charge in [-0.15, -0.1) is 0 Å². The number of hydrogen-bond acceptors (Lipinski definition) is 3. The highest BCUT2D eigenvalue weighted by molar-refractivity contribution is 9.10. The molecule has 2 unspecified atom stereocenters. The van der Waals surface area contributed by atoms with Crippen molar-refractivity contribution in [1.82, 2.24) is 5.32 Å². The summed E-state index contributed by atoms with van der Waals surface area (Å²) >= 11 is 3.26. The molecule has 0 bridgehead atoms. The molecule has 0 aliphatic heterocycles. The predicted molar refractivity (Wildman–Crippen MR) is 61.7 cm³/mol. The highest BCUT2D eigenvalue weighted by Crippen LogP contribution is 2.03. The molecule has 0 rings (SSSR count). The number of alkyl halides is 1. The maximum atomic E-state index is 11.0. The molecule has 0 aliphatic rings. The van der Waals surface area contributed by atoms with Crippen molar-refractivity contribution in [1.29, 1.82) is 0 Å². The Labute approximate surface area is 94.7 Å². The van der Waals surface area contributed by atoms with Gasteiger partial charge in [-0.3, -0.25) is 4.79 Å². The van der Waals surface area contributed by atoms with E-state index in [4.69, 9.17) is 0 Å². The summed E-state index contributed by atoms with van der Waals surface area (Å²) in [5.74, 6) is -0.222. The number of methoxy groups -OCH3 is 1. The van der Waals surface area contributed by atoms with E-state index in [1.165, 1.54) is 20.0 Å². The molecule has 0 radical (unpaired) electrons. The van der Waals surface area contributed by atoms with Gasteiger partial charge < -0.3 is 10.1 Å². The molecule has 0 heterocycles. The van der Waals surface area contributed by atoms with Crippen LogP contribution in [0.4, 0.5) is 0 Å². The van der Waals surface area contributed by atoms with Gasteiger partial charge in [0.1, 0.15) is 4.83 Å². The average molecular weight is 266 g/mol. The summed E-state index contributed by atoms with van der Waals surface area (Å²) in [6.45, 7) is 4.93. The topological polar surface area (TPSA) is 38.3 Å². The van der Waals surface area contributed by atoms with Crippen molar-refractivity contribution in [2.24, 2.45) is 0 Å². The number of carbonyl (C=O) groups excluding carboxylic acids is 1. The zero-order chi connectivity index (χ0) is 11.0. The van der Waals surface area contributed by atoms with Gasteiger partial charge in [-0.1, -0.05) is 35.7 Å². The maximum absolute atomic E-state index is 11.0. The van der Waals surface area contributed by atoms with E-state index in [0.29, 0.717) is 12.6 Å². The molecule has 0 saturated carbocycles. The van der Waals surface area contributed by atoms with E-state index in [-0.39, 0.29) is 10.8 Å². The van der Waals surface area contributed by atoms with E-state index in [1.807, 2.05) is 0 Å². The molecule has 1 N–H and O–H groups in total. The fraction of sp³-hybridized carbons (Fsp3) is 0.900. The Morgan fingerprint density at radius 3 is 2.71 bits per heavy atom. The van der Waals surface area contributed by atoms with Crippen LogP contribution in [0.1, 0.15) is 33.1 Å². The Morgan fingerprint density at radius 1 is 1.57 bits per heavy atom. The van der Waals surface area contributed by atoms with Crippen LogP contribution in [0.25, 0.3) is 0 Å². The number of esters is 1. The quantitative estimate of drug-likeness (QED) is 0.566. The number of ether oxygens (including phenoxy) is 1. The van der Waals surface area contributed by atoms with Crippen LogP contribution in [0.15, 0.2) is 0 Å². The summed E-state index contributed by atoms with van der Waals surface area (Å²) in [6.07, 6.45) is 3.58. The molecule has 0 aromatic heterocycles. The predicted octanol–water partition coefficient (Wildman–Crippen LogP) is 2.09. The minimum Gasteiger partial charge on any atom is -0.468 e. The van der Waals surface area contributed by atoms with Crippen molar-refractivity contribution in [2.75, 3.05) is 13.7 Å². The van der Waals surface area contributed by atoms with E-state index < -0.39 is 0 Å². The molecule has 0 aromatic carbocycles. The number of halogens is 1. The number of unbranched alkanes of at least 4 members (excludes halogenated alkanes) is 1. The lowest BCUT2D eigenvalue weighted by Gasteiger charge is -2.15. The maximum Gasteiger partial charge on any atom is 0.320 e. The molecule has 3 nitrogen and oxygen atoms in total. The Hall–Kier alpha value is -0.0900. The van der Waals surface area contributed by atoms with Gasteiger partial charge in [0.2, 0.25) is 0 Å². The van der Waals surface area contributed by atoms with Crippen molar-refractivity contribution >= 4 is 21.9 Å². The molecule has 84 valence electrons. The van der Waals surface area contributed by atoms with Crippen LogP contribution in [0, 0.1) is 0 Å². The molecular formula is C10H20BrNO2. The fourth-order valence-corrected chi connectivity index (χ4v) is 1.50. The van der Waals surface area contributed by atoms with Gasteiger partial charge >= 0.3 is 5.97 Å². The second kappa shape index (κ2) is 8.24. The lowest BCUT2D eigenvalue weighted by molar-refractivity contribution is -0.139. The van der Waals surface area contributed by atoms with Crippen molar-refractivity contribution in [3.8, 4) is 0 Å². The number of carbonyl (C=O) groups is 1. The number of hydrogen-bond donors (Lipinski definition) is 1. The largest absolute Gasteiger partial charge is 0.468 e. The summed E-state index contributed by atoms with van der Waals surface area (Å²) in [4.78, 5) is 10.8. The van der Waals surface area contributed by atoms with Crippen molar-refractivity contribution < 1.29 is 9.53 Å². The van der Waals surface area contributed by atoms with Crippen molar-refractivity contribution in [3.05, 3.63) is 0 Å². The normalized spacial score (nSPS) is 14.9. The Balaban J connectivity index is 3.55. The van der Waals surface area contributed by atoms with Gasteiger partial charge in [-0.05, 0) is 13.3 Å². The minimum absolute atomic E-state index is 0.222. The van der Waals surface area contributed by atoms with Crippen LogP contribution in [0.3, 0.4) is 0 Å². The molecule has 0 aromatic rings. The van der Waals surface area contributed by atoms with Gasteiger partial charge in [-0.2, -0.15) is 0 Å². The zero-order valence-electron chi connectivity index (χ0n) is 9.18. The van der Waals surface area contributed by atoms with Crippen LogP contribution in [0.2, 0.25) is 0 Å². The van der Waals surface area contributed by atoms with E-state index in [2.05, 4.69) is 39.8 Å². The van der Waals surface area contributed by atoms with Gasteiger partial charge in [0, 0.05) is 12.6 Å². The number of nitrogens with one attached hydrogen (secondary N) is 1. The molecule has 0 aliphatic carbocycles. The third-order valence-electron chi connectivity index (χ3n) is 2.09. The summed E-state index contributed by atoms with van der Waals surface area (Å²) < 4.78 is 4.60. The number of rotatable bonds is 7. The Morgan fingerprint density at radius 2 is 2.21 bits per heavy atom. The van der Waals surface area contributed by atoms with Crippen LogP contribution in [-0.2, 0) is 9.53 Å². The second-order valence-corrected chi connectivity index (χ2v) is 4.55. The molecule has 4 heteroatoms. The lowest BCUT2D eigenvalue weighted by Crippen LogP contribution is -2.35. The van der Waals surface area contributed by atoms with Crippen molar-refractivity contribution in [3.63, 3.8) is 0 Å². The summed E-state index contributed by atoms with van der Waals surface area (Å²) in [5, 5.41) is 3.28. The SMILES string of the molecule is CCCCC(C)NCC(Br)C(=O)OC. The molecule has 14 heavy (non-hydrogen) atoms. The molecular weight excluding hydrogens is 246 g/mol.